The highest BCUT2D eigenvalue weighted by molar-refractivity contribution is 9.10. The van der Waals surface area contributed by atoms with Gasteiger partial charge in [0.05, 0.1) is 0 Å². The van der Waals surface area contributed by atoms with Gasteiger partial charge in [-0.3, -0.25) is 0 Å². The monoisotopic (exact) mass is 283 g/mol. The van der Waals surface area contributed by atoms with Gasteiger partial charge in [0.2, 0.25) is 0 Å². The Labute approximate surface area is 104 Å². The average molecular weight is 284 g/mol. The molecule has 86 valence electrons. The molecule has 1 aliphatic carbocycles. The van der Waals surface area contributed by atoms with Crippen molar-refractivity contribution in [3.63, 3.8) is 0 Å². The molecule has 0 aliphatic heterocycles. The number of nitrogens with zero attached hydrogens (tertiary/aromatic N) is 1. The lowest BCUT2D eigenvalue weighted by atomic mass is 9.78. The third-order valence-corrected chi connectivity index (χ3v) is 3.89. The van der Waals surface area contributed by atoms with E-state index in [2.05, 4.69) is 20.9 Å². The van der Waals surface area contributed by atoms with E-state index in [0.717, 1.165) is 10.2 Å². The Hall–Kier alpha value is -0.385. The van der Waals surface area contributed by atoms with E-state index in [4.69, 9.17) is 10.0 Å². The highest BCUT2D eigenvalue weighted by Gasteiger charge is 2.21. The lowest BCUT2D eigenvalue weighted by molar-refractivity contribution is 0.424. The predicted octanol–water partition coefficient (Wildman–Crippen LogP) is 1.57. The normalized spacial score (nSPS) is 17.4. The smallest absolute Gasteiger partial charge is 0.423 e. The molecule has 0 atom stereocenters. The summed E-state index contributed by atoms with van der Waals surface area (Å²) in [4.78, 5) is 4.17. The SMILES string of the molecule is OB(O)c1cnc(Br)c(C2CCCCC2)c1. The van der Waals surface area contributed by atoms with E-state index >= 15 is 0 Å². The molecule has 2 rings (SSSR count). The number of rotatable bonds is 2. The van der Waals surface area contributed by atoms with Gasteiger partial charge in [0, 0.05) is 11.7 Å². The molecule has 1 aromatic rings. The first-order valence-corrected chi connectivity index (χ1v) is 6.49. The van der Waals surface area contributed by atoms with Crippen molar-refractivity contribution in [2.24, 2.45) is 0 Å². The maximum Gasteiger partial charge on any atom is 0.490 e. The zero-order chi connectivity index (χ0) is 11.5. The fraction of sp³-hybridized carbons (Fsp3) is 0.545. The molecule has 5 heteroatoms. The second kappa shape index (κ2) is 5.30. The van der Waals surface area contributed by atoms with Gasteiger partial charge in [-0.05, 0) is 40.3 Å². The third kappa shape index (κ3) is 2.65. The molecular formula is C11H15BBrNO2. The molecule has 0 radical (unpaired) electrons. The molecule has 0 unspecified atom stereocenters. The molecular weight excluding hydrogens is 269 g/mol. The second-order valence-corrected chi connectivity index (χ2v) is 5.11. The minimum Gasteiger partial charge on any atom is -0.423 e. The molecule has 1 aromatic heterocycles. The molecule has 0 aromatic carbocycles. The number of hydrogen-bond donors (Lipinski definition) is 2. The lowest BCUT2D eigenvalue weighted by Crippen LogP contribution is -2.31. The van der Waals surface area contributed by atoms with Crippen LogP contribution in [0.1, 0.15) is 43.6 Å². The van der Waals surface area contributed by atoms with Crippen molar-refractivity contribution in [2.45, 2.75) is 38.0 Å². The van der Waals surface area contributed by atoms with E-state index in [-0.39, 0.29) is 0 Å². The van der Waals surface area contributed by atoms with Crippen LogP contribution in [0.5, 0.6) is 0 Å². The van der Waals surface area contributed by atoms with Crippen molar-refractivity contribution < 1.29 is 10.0 Å². The van der Waals surface area contributed by atoms with Crippen LogP contribution in [-0.4, -0.2) is 22.2 Å². The maximum absolute atomic E-state index is 9.14. The summed E-state index contributed by atoms with van der Waals surface area (Å²) in [6.45, 7) is 0. The van der Waals surface area contributed by atoms with Crippen molar-refractivity contribution in [2.75, 3.05) is 0 Å². The minimum absolute atomic E-state index is 0.476. The van der Waals surface area contributed by atoms with Gasteiger partial charge in [-0.1, -0.05) is 25.3 Å². The van der Waals surface area contributed by atoms with Crippen LogP contribution in [0.4, 0.5) is 0 Å². The Balaban J connectivity index is 2.27. The number of aromatic nitrogens is 1. The fourth-order valence-corrected chi connectivity index (χ4v) is 2.86. The van der Waals surface area contributed by atoms with Crippen LogP contribution in [0.3, 0.4) is 0 Å². The summed E-state index contributed by atoms with van der Waals surface area (Å²) >= 11 is 3.44. The molecule has 0 amide bonds. The van der Waals surface area contributed by atoms with E-state index < -0.39 is 7.12 Å². The van der Waals surface area contributed by atoms with Crippen LogP contribution in [-0.2, 0) is 0 Å². The van der Waals surface area contributed by atoms with E-state index in [1.807, 2.05) is 6.07 Å². The molecule has 16 heavy (non-hydrogen) atoms. The Morgan fingerprint density at radius 2 is 1.94 bits per heavy atom. The zero-order valence-corrected chi connectivity index (χ0v) is 10.7. The Morgan fingerprint density at radius 3 is 2.56 bits per heavy atom. The summed E-state index contributed by atoms with van der Waals surface area (Å²) in [6, 6.07) is 1.86. The Kier molecular flexibility index (Phi) is 4.00. The summed E-state index contributed by atoms with van der Waals surface area (Å²) in [7, 11) is -1.43. The highest BCUT2D eigenvalue weighted by atomic mass is 79.9. The van der Waals surface area contributed by atoms with Gasteiger partial charge in [-0.2, -0.15) is 0 Å². The van der Waals surface area contributed by atoms with Gasteiger partial charge >= 0.3 is 7.12 Å². The molecule has 3 nitrogen and oxygen atoms in total. The van der Waals surface area contributed by atoms with E-state index in [9.17, 15) is 0 Å². The van der Waals surface area contributed by atoms with Crippen LogP contribution >= 0.6 is 15.9 Å². The van der Waals surface area contributed by atoms with E-state index in [1.54, 1.807) is 0 Å². The van der Waals surface area contributed by atoms with Crippen molar-refractivity contribution in [3.8, 4) is 0 Å². The topological polar surface area (TPSA) is 53.4 Å². The van der Waals surface area contributed by atoms with Crippen LogP contribution in [0, 0.1) is 0 Å². The first kappa shape index (κ1) is 12.1. The fourth-order valence-electron chi connectivity index (χ4n) is 2.32. The highest BCUT2D eigenvalue weighted by Crippen LogP contribution is 2.34. The van der Waals surface area contributed by atoms with E-state index in [1.165, 1.54) is 38.3 Å². The van der Waals surface area contributed by atoms with Crippen LogP contribution in [0.2, 0.25) is 0 Å². The van der Waals surface area contributed by atoms with Crippen molar-refractivity contribution in [1.82, 2.24) is 4.98 Å². The van der Waals surface area contributed by atoms with Gasteiger partial charge in [-0.15, -0.1) is 0 Å². The Morgan fingerprint density at radius 1 is 1.25 bits per heavy atom. The van der Waals surface area contributed by atoms with E-state index in [0.29, 0.717) is 11.4 Å². The molecule has 1 heterocycles. The molecule has 1 aliphatic rings. The zero-order valence-electron chi connectivity index (χ0n) is 9.06. The standard InChI is InChI=1S/C11H15BBrNO2/c13-11-10(8-4-2-1-3-5-8)6-9(7-14-11)12(15)16/h6-8,15-16H,1-5H2. The predicted molar refractivity (Wildman–Crippen MR) is 67.6 cm³/mol. The molecule has 1 fully saturated rings. The summed E-state index contributed by atoms with van der Waals surface area (Å²) in [6.07, 6.45) is 7.66. The summed E-state index contributed by atoms with van der Waals surface area (Å²) in [5, 5.41) is 18.3. The van der Waals surface area contributed by atoms with Gasteiger partial charge in [0.25, 0.3) is 0 Å². The molecule has 0 spiro atoms. The molecule has 2 N–H and O–H groups in total. The maximum atomic E-state index is 9.14. The number of halogens is 1. The largest absolute Gasteiger partial charge is 0.490 e. The van der Waals surface area contributed by atoms with Crippen LogP contribution in [0.15, 0.2) is 16.9 Å². The lowest BCUT2D eigenvalue weighted by Gasteiger charge is -2.23. The third-order valence-electron chi connectivity index (χ3n) is 3.23. The van der Waals surface area contributed by atoms with Gasteiger partial charge in [0.15, 0.2) is 0 Å². The molecule has 1 saturated carbocycles. The first-order chi connectivity index (χ1) is 7.68. The number of pyridine rings is 1. The van der Waals surface area contributed by atoms with Crippen molar-refractivity contribution in [3.05, 3.63) is 22.4 Å². The summed E-state index contributed by atoms with van der Waals surface area (Å²) < 4.78 is 0.837. The molecule has 0 saturated heterocycles. The van der Waals surface area contributed by atoms with Crippen LogP contribution in [0.25, 0.3) is 0 Å². The van der Waals surface area contributed by atoms with Gasteiger partial charge < -0.3 is 10.0 Å². The van der Waals surface area contributed by atoms with Crippen LogP contribution < -0.4 is 5.46 Å². The quantitative estimate of drug-likeness (QED) is 0.640. The first-order valence-electron chi connectivity index (χ1n) is 5.70. The Bertz CT molecular complexity index is 367. The van der Waals surface area contributed by atoms with Crippen molar-refractivity contribution in [1.29, 1.82) is 0 Å². The summed E-state index contributed by atoms with van der Waals surface area (Å²) in [5.41, 5.74) is 1.59. The summed E-state index contributed by atoms with van der Waals surface area (Å²) in [5.74, 6) is 0.509. The molecule has 0 bridgehead atoms. The van der Waals surface area contributed by atoms with Gasteiger partial charge in [-0.25, -0.2) is 4.98 Å². The average Bonchev–Trinajstić information content (AvgIpc) is 2.30. The van der Waals surface area contributed by atoms with Crippen molar-refractivity contribution >= 4 is 28.5 Å². The minimum atomic E-state index is -1.43. The number of hydrogen-bond acceptors (Lipinski definition) is 3. The second-order valence-electron chi connectivity index (χ2n) is 4.36. The van der Waals surface area contributed by atoms with Gasteiger partial charge in [0.1, 0.15) is 4.60 Å².